The Labute approximate surface area is 115 Å². The Bertz CT molecular complexity index is 255. The summed E-state index contributed by atoms with van der Waals surface area (Å²) in [5.41, 5.74) is 0. The second kappa shape index (κ2) is 6.12. The normalized spacial score (nSPS) is 28.2. The van der Waals surface area contributed by atoms with Crippen LogP contribution in [0.1, 0.15) is 46.0 Å². The Morgan fingerprint density at radius 1 is 1.11 bits per heavy atom. The van der Waals surface area contributed by atoms with E-state index in [0.29, 0.717) is 10.8 Å². The molecule has 4 heteroatoms. The molecule has 1 N–H and O–H groups in total. The Kier molecular flexibility index (Phi) is 4.98. The van der Waals surface area contributed by atoms with E-state index in [9.17, 15) is 0 Å². The Morgan fingerprint density at radius 2 is 1.72 bits per heavy atom. The summed E-state index contributed by atoms with van der Waals surface area (Å²) >= 11 is 2.04. The fourth-order valence-corrected chi connectivity index (χ4v) is 3.71. The average molecular weight is 273 g/mol. The Hall–Kier alpha value is 0.230. The molecule has 1 aliphatic carbocycles. The van der Waals surface area contributed by atoms with Crippen LogP contribution in [0, 0.1) is 0 Å². The minimum absolute atomic E-state index is 0.351. The van der Waals surface area contributed by atoms with Crippen LogP contribution in [0.5, 0.6) is 0 Å². The van der Waals surface area contributed by atoms with Crippen LogP contribution in [0.3, 0.4) is 0 Å². The molecule has 0 aromatic heterocycles. The molecule has 0 spiro atoms. The molecule has 1 heterocycles. The lowest BCUT2D eigenvalue weighted by atomic mass is 9.88. The molecule has 0 radical (unpaired) electrons. The molecule has 1 aliphatic heterocycles. The predicted octanol–water partition coefficient (Wildman–Crippen LogP) is 2.79. The van der Waals surface area contributed by atoms with Gasteiger partial charge >= 0.3 is 0 Å². The summed E-state index contributed by atoms with van der Waals surface area (Å²) in [4.78, 5) is 0. The molecule has 2 fully saturated rings. The van der Waals surface area contributed by atoms with Crippen molar-refractivity contribution in [3.8, 4) is 0 Å². The fraction of sp³-hybridized carbons (Fsp3) is 1.00. The van der Waals surface area contributed by atoms with Gasteiger partial charge in [0.05, 0.1) is 19.3 Å². The zero-order valence-corrected chi connectivity index (χ0v) is 12.8. The van der Waals surface area contributed by atoms with Crippen molar-refractivity contribution in [2.75, 3.05) is 26.0 Å². The summed E-state index contributed by atoms with van der Waals surface area (Å²) in [6.45, 7) is 6.57. The molecule has 18 heavy (non-hydrogen) atoms. The molecule has 0 aromatic rings. The summed E-state index contributed by atoms with van der Waals surface area (Å²) in [5, 5.41) is 3.65. The van der Waals surface area contributed by atoms with Crippen LogP contribution in [0.15, 0.2) is 0 Å². The van der Waals surface area contributed by atoms with Crippen LogP contribution < -0.4 is 5.32 Å². The number of nitrogens with one attached hydrogen (secondary N) is 1. The molecular weight excluding hydrogens is 246 g/mol. The average Bonchev–Trinajstić information content (AvgIpc) is 2.39. The number of rotatable bonds is 4. The smallest absolute Gasteiger partial charge is 0.162 e. The zero-order valence-electron chi connectivity index (χ0n) is 12.0. The summed E-state index contributed by atoms with van der Waals surface area (Å²) < 4.78 is 11.8. The van der Waals surface area contributed by atoms with Crippen LogP contribution in [-0.2, 0) is 9.47 Å². The second-order valence-electron chi connectivity index (χ2n) is 6.05. The highest BCUT2D eigenvalue weighted by Crippen LogP contribution is 2.38. The van der Waals surface area contributed by atoms with Gasteiger partial charge in [-0.3, -0.25) is 0 Å². The molecule has 106 valence electrons. The molecule has 0 amide bonds. The van der Waals surface area contributed by atoms with Crippen molar-refractivity contribution in [1.82, 2.24) is 5.32 Å². The van der Waals surface area contributed by atoms with E-state index in [2.05, 4.69) is 11.6 Å². The lowest BCUT2D eigenvalue weighted by Gasteiger charge is -2.40. The molecule has 3 nitrogen and oxygen atoms in total. The van der Waals surface area contributed by atoms with Gasteiger partial charge in [-0.05, 0) is 32.9 Å². The predicted molar refractivity (Wildman–Crippen MR) is 77.1 cm³/mol. The van der Waals surface area contributed by atoms with Gasteiger partial charge in [-0.25, -0.2) is 0 Å². The third kappa shape index (κ3) is 3.86. The van der Waals surface area contributed by atoms with Crippen molar-refractivity contribution in [1.29, 1.82) is 0 Å². The number of hydrogen-bond donors (Lipinski definition) is 1. The molecular formula is C14H27NO2S. The maximum atomic E-state index is 5.69. The fourth-order valence-electron chi connectivity index (χ4n) is 2.79. The maximum Gasteiger partial charge on any atom is 0.162 e. The van der Waals surface area contributed by atoms with Crippen LogP contribution in [-0.4, -0.2) is 42.6 Å². The van der Waals surface area contributed by atoms with Crippen molar-refractivity contribution >= 4 is 11.8 Å². The van der Waals surface area contributed by atoms with E-state index in [0.717, 1.165) is 19.8 Å². The van der Waals surface area contributed by atoms with Gasteiger partial charge in [0.2, 0.25) is 0 Å². The van der Waals surface area contributed by atoms with E-state index in [1.165, 1.54) is 32.1 Å². The van der Waals surface area contributed by atoms with Crippen LogP contribution >= 0.6 is 11.8 Å². The molecule has 1 saturated heterocycles. The molecule has 2 rings (SSSR count). The molecule has 1 saturated carbocycles. The van der Waals surface area contributed by atoms with Crippen molar-refractivity contribution in [3.63, 3.8) is 0 Å². The van der Waals surface area contributed by atoms with E-state index < -0.39 is 5.79 Å². The highest BCUT2D eigenvalue weighted by Gasteiger charge is 2.33. The lowest BCUT2D eigenvalue weighted by molar-refractivity contribution is -0.252. The first kappa shape index (κ1) is 14.6. The number of hydrogen-bond acceptors (Lipinski definition) is 4. The highest BCUT2D eigenvalue weighted by atomic mass is 32.2. The van der Waals surface area contributed by atoms with E-state index in [4.69, 9.17) is 9.47 Å². The van der Waals surface area contributed by atoms with Crippen LogP contribution in [0.4, 0.5) is 0 Å². The largest absolute Gasteiger partial charge is 0.349 e. The summed E-state index contributed by atoms with van der Waals surface area (Å²) in [6, 6.07) is 0.351. The van der Waals surface area contributed by atoms with Crippen molar-refractivity contribution in [2.24, 2.45) is 0 Å². The van der Waals surface area contributed by atoms with Crippen LogP contribution in [0.2, 0.25) is 0 Å². The molecule has 0 aromatic carbocycles. The Balaban J connectivity index is 1.76. The number of ether oxygens (including phenoxy) is 2. The lowest BCUT2D eigenvalue weighted by Crippen LogP contribution is -2.52. The standard InChI is InChI=1S/C14H27NO2S/c1-13(2)16-9-12(10-17-13)15-11-14(18-3)7-5-4-6-8-14/h12,15H,4-11H2,1-3H3. The minimum atomic E-state index is -0.403. The van der Waals surface area contributed by atoms with Gasteiger partial charge in [-0.15, -0.1) is 0 Å². The summed E-state index contributed by atoms with van der Waals surface area (Å²) in [6.07, 6.45) is 9.12. The minimum Gasteiger partial charge on any atom is -0.349 e. The summed E-state index contributed by atoms with van der Waals surface area (Å²) in [5.74, 6) is -0.403. The maximum absolute atomic E-state index is 5.69. The third-order valence-electron chi connectivity index (χ3n) is 4.17. The van der Waals surface area contributed by atoms with Crippen molar-refractivity contribution in [2.45, 2.75) is 62.5 Å². The second-order valence-corrected chi connectivity index (χ2v) is 7.32. The van der Waals surface area contributed by atoms with E-state index in [-0.39, 0.29) is 0 Å². The van der Waals surface area contributed by atoms with Gasteiger partial charge in [0.15, 0.2) is 5.79 Å². The van der Waals surface area contributed by atoms with E-state index in [1.807, 2.05) is 25.6 Å². The number of thioether (sulfide) groups is 1. The third-order valence-corrected chi connectivity index (χ3v) is 5.59. The van der Waals surface area contributed by atoms with Crippen LogP contribution in [0.25, 0.3) is 0 Å². The van der Waals surface area contributed by atoms with Crippen molar-refractivity contribution in [3.05, 3.63) is 0 Å². The zero-order chi connectivity index (χ0) is 13.1. The Morgan fingerprint density at radius 3 is 2.28 bits per heavy atom. The SMILES string of the molecule is CSC1(CNC2COC(C)(C)OC2)CCCCC1. The summed E-state index contributed by atoms with van der Waals surface area (Å²) in [7, 11) is 0. The van der Waals surface area contributed by atoms with Gasteiger partial charge in [0.1, 0.15) is 0 Å². The highest BCUT2D eigenvalue weighted by molar-refractivity contribution is 8.00. The topological polar surface area (TPSA) is 30.5 Å². The monoisotopic (exact) mass is 273 g/mol. The first-order chi connectivity index (χ1) is 8.55. The molecule has 0 atom stereocenters. The first-order valence-corrected chi connectivity index (χ1v) is 8.34. The van der Waals surface area contributed by atoms with Gasteiger partial charge < -0.3 is 14.8 Å². The van der Waals surface area contributed by atoms with E-state index >= 15 is 0 Å². The van der Waals surface area contributed by atoms with Gasteiger partial charge in [0, 0.05) is 11.3 Å². The van der Waals surface area contributed by atoms with E-state index in [1.54, 1.807) is 0 Å². The first-order valence-electron chi connectivity index (χ1n) is 7.12. The van der Waals surface area contributed by atoms with Crippen molar-refractivity contribution < 1.29 is 9.47 Å². The van der Waals surface area contributed by atoms with Gasteiger partial charge in [-0.1, -0.05) is 19.3 Å². The van der Waals surface area contributed by atoms with Gasteiger partial charge in [-0.2, -0.15) is 11.8 Å². The molecule has 0 unspecified atom stereocenters. The van der Waals surface area contributed by atoms with Gasteiger partial charge in [0.25, 0.3) is 0 Å². The molecule has 2 aliphatic rings. The molecule has 0 bridgehead atoms. The quantitative estimate of drug-likeness (QED) is 0.853.